The summed E-state index contributed by atoms with van der Waals surface area (Å²) in [7, 11) is -3.55. The molecular weight excluding hydrogens is 358 g/mol. The summed E-state index contributed by atoms with van der Waals surface area (Å²) in [6, 6.07) is 5.78. The highest BCUT2D eigenvalue weighted by Gasteiger charge is 2.37. The fourth-order valence-corrected chi connectivity index (χ4v) is 4.09. The van der Waals surface area contributed by atoms with Gasteiger partial charge in [0.2, 0.25) is 10.0 Å². The number of halogens is 1. The molecule has 1 saturated heterocycles. The van der Waals surface area contributed by atoms with Crippen molar-refractivity contribution in [2.24, 2.45) is 10.6 Å². The molecular formula is C14H20BrNO4S. The Morgan fingerprint density at radius 2 is 2.05 bits per heavy atom. The van der Waals surface area contributed by atoms with E-state index in [-0.39, 0.29) is 5.75 Å². The molecule has 0 spiro atoms. The number of hydrogen-bond donors (Lipinski definition) is 1. The Morgan fingerprint density at radius 1 is 1.38 bits per heavy atom. The van der Waals surface area contributed by atoms with Crippen LogP contribution in [-0.2, 0) is 14.8 Å². The molecule has 1 aromatic carbocycles. The van der Waals surface area contributed by atoms with Crippen molar-refractivity contribution < 1.29 is 17.9 Å². The van der Waals surface area contributed by atoms with E-state index in [0.29, 0.717) is 32.7 Å². The predicted molar refractivity (Wildman–Crippen MR) is 84.8 cm³/mol. The molecule has 1 aromatic rings. The zero-order valence-electron chi connectivity index (χ0n) is 12.0. The van der Waals surface area contributed by atoms with Gasteiger partial charge >= 0.3 is 0 Å². The standard InChI is InChI=1S/C14H20BrNO4S/c1-11-2-3-12(15)8-13(11)20-9-14(10-21(16,17)18)4-6-19-7-5-14/h2-3,8H,4-7,9-10H2,1H3,(H2,16,17,18). The Morgan fingerprint density at radius 3 is 2.67 bits per heavy atom. The van der Waals surface area contributed by atoms with Crippen LogP contribution in [0.5, 0.6) is 5.75 Å². The molecule has 2 rings (SSSR count). The highest BCUT2D eigenvalue weighted by atomic mass is 79.9. The second-order valence-corrected chi connectivity index (χ2v) is 8.15. The van der Waals surface area contributed by atoms with Crippen LogP contribution in [-0.4, -0.2) is 34.0 Å². The summed E-state index contributed by atoms with van der Waals surface area (Å²) < 4.78 is 35.2. The molecule has 0 aliphatic carbocycles. The summed E-state index contributed by atoms with van der Waals surface area (Å²) in [4.78, 5) is 0. The Balaban J connectivity index is 2.14. The summed E-state index contributed by atoms with van der Waals surface area (Å²) >= 11 is 3.41. The number of hydrogen-bond acceptors (Lipinski definition) is 4. The molecule has 21 heavy (non-hydrogen) atoms. The molecule has 1 aliphatic heterocycles. The molecule has 0 unspecified atom stereocenters. The lowest BCUT2D eigenvalue weighted by atomic mass is 9.83. The number of primary sulfonamides is 1. The van der Waals surface area contributed by atoms with Crippen molar-refractivity contribution in [3.8, 4) is 5.75 Å². The average molecular weight is 378 g/mol. The maximum Gasteiger partial charge on any atom is 0.209 e. The molecule has 0 bridgehead atoms. The highest BCUT2D eigenvalue weighted by molar-refractivity contribution is 9.10. The fourth-order valence-electron chi connectivity index (χ4n) is 2.52. The maximum absolute atomic E-state index is 11.5. The Labute approximate surface area is 134 Å². The number of sulfonamides is 1. The van der Waals surface area contributed by atoms with E-state index in [1.165, 1.54) is 0 Å². The largest absolute Gasteiger partial charge is 0.493 e. The van der Waals surface area contributed by atoms with Crippen LogP contribution in [0.2, 0.25) is 0 Å². The Kier molecular flexibility index (Phi) is 5.29. The smallest absolute Gasteiger partial charge is 0.209 e. The fraction of sp³-hybridized carbons (Fsp3) is 0.571. The van der Waals surface area contributed by atoms with E-state index in [9.17, 15) is 8.42 Å². The molecule has 0 atom stereocenters. The summed E-state index contributed by atoms with van der Waals surface area (Å²) in [6.07, 6.45) is 1.27. The first-order valence-electron chi connectivity index (χ1n) is 6.77. The van der Waals surface area contributed by atoms with Crippen LogP contribution in [0.1, 0.15) is 18.4 Å². The van der Waals surface area contributed by atoms with Gasteiger partial charge in [0.25, 0.3) is 0 Å². The van der Waals surface area contributed by atoms with Crippen LogP contribution in [0.25, 0.3) is 0 Å². The third-order valence-electron chi connectivity index (χ3n) is 3.74. The van der Waals surface area contributed by atoms with Gasteiger partial charge in [0, 0.05) is 23.1 Å². The molecule has 0 radical (unpaired) electrons. The molecule has 0 aromatic heterocycles. The van der Waals surface area contributed by atoms with E-state index in [0.717, 1.165) is 15.8 Å². The lowest BCUT2D eigenvalue weighted by Crippen LogP contribution is -2.42. The molecule has 118 valence electrons. The van der Waals surface area contributed by atoms with Gasteiger partial charge in [-0.05, 0) is 37.5 Å². The SMILES string of the molecule is Cc1ccc(Br)cc1OCC1(CS(N)(=O)=O)CCOCC1. The third kappa shape index (κ3) is 4.95. The summed E-state index contributed by atoms with van der Waals surface area (Å²) in [5.74, 6) is 0.681. The van der Waals surface area contributed by atoms with Gasteiger partial charge < -0.3 is 9.47 Å². The predicted octanol–water partition coefficient (Wildman–Crippen LogP) is 2.22. The summed E-state index contributed by atoms with van der Waals surface area (Å²) in [5.41, 5.74) is 0.539. The van der Waals surface area contributed by atoms with E-state index in [2.05, 4.69) is 15.9 Å². The number of aryl methyl sites for hydroxylation is 1. The average Bonchev–Trinajstić information content (AvgIpc) is 2.39. The van der Waals surface area contributed by atoms with Crippen LogP contribution in [0, 0.1) is 12.3 Å². The van der Waals surface area contributed by atoms with E-state index >= 15 is 0 Å². The monoisotopic (exact) mass is 377 g/mol. The van der Waals surface area contributed by atoms with Crippen molar-refractivity contribution in [2.45, 2.75) is 19.8 Å². The second kappa shape index (κ2) is 6.64. The number of nitrogens with two attached hydrogens (primary N) is 1. The van der Waals surface area contributed by atoms with E-state index in [4.69, 9.17) is 14.6 Å². The molecule has 0 amide bonds. The molecule has 2 N–H and O–H groups in total. The lowest BCUT2D eigenvalue weighted by molar-refractivity contribution is 0.00197. The zero-order chi connectivity index (χ0) is 15.5. The van der Waals surface area contributed by atoms with Gasteiger partial charge in [0.15, 0.2) is 0 Å². The van der Waals surface area contributed by atoms with Crippen LogP contribution >= 0.6 is 15.9 Å². The Hall–Kier alpha value is -0.630. The van der Waals surface area contributed by atoms with Gasteiger partial charge in [-0.15, -0.1) is 0 Å². The van der Waals surface area contributed by atoms with Gasteiger partial charge in [-0.25, -0.2) is 13.6 Å². The lowest BCUT2D eigenvalue weighted by Gasteiger charge is -2.36. The number of benzene rings is 1. The van der Waals surface area contributed by atoms with E-state index < -0.39 is 15.4 Å². The number of rotatable bonds is 5. The first kappa shape index (κ1) is 16.7. The van der Waals surface area contributed by atoms with Crippen molar-refractivity contribution in [1.29, 1.82) is 0 Å². The van der Waals surface area contributed by atoms with Gasteiger partial charge in [0.1, 0.15) is 5.75 Å². The summed E-state index contributed by atoms with van der Waals surface area (Å²) in [5, 5.41) is 5.24. The van der Waals surface area contributed by atoms with Crippen LogP contribution < -0.4 is 9.88 Å². The topological polar surface area (TPSA) is 78.6 Å². The third-order valence-corrected chi connectivity index (χ3v) is 5.25. The minimum absolute atomic E-state index is 0.0730. The number of ether oxygens (including phenoxy) is 2. The van der Waals surface area contributed by atoms with E-state index in [1.807, 2.05) is 25.1 Å². The first-order valence-corrected chi connectivity index (χ1v) is 9.28. The highest BCUT2D eigenvalue weighted by Crippen LogP contribution is 2.33. The molecule has 1 fully saturated rings. The quantitative estimate of drug-likeness (QED) is 0.852. The van der Waals surface area contributed by atoms with E-state index in [1.54, 1.807) is 0 Å². The van der Waals surface area contributed by atoms with Gasteiger partial charge in [-0.1, -0.05) is 22.0 Å². The molecule has 7 heteroatoms. The van der Waals surface area contributed by atoms with Crippen molar-refractivity contribution in [3.05, 3.63) is 28.2 Å². The second-order valence-electron chi connectivity index (χ2n) is 5.62. The van der Waals surface area contributed by atoms with Crippen LogP contribution in [0.3, 0.4) is 0 Å². The molecule has 1 heterocycles. The van der Waals surface area contributed by atoms with Gasteiger partial charge in [0.05, 0.1) is 12.4 Å². The minimum atomic E-state index is -3.55. The molecule has 5 nitrogen and oxygen atoms in total. The molecule has 1 aliphatic rings. The normalized spacial score (nSPS) is 18.4. The minimum Gasteiger partial charge on any atom is -0.493 e. The van der Waals surface area contributed by atoms with Crippen molar-refractivity contribution in [1.82, 2.24) is 0 Å². The maximum atomic E-state index is 11.5. The van der Waals surface area contributed by atoms with Crippen LogP contribution in [0.15, 0.2) is 22.7 Å². The first-order chi connectivity index (χ1) is 9.80. The van der Waals surface area contributed by atoms with Gasteiger partial charge in [-0.2, -0.15) is 0 Å². The van der Waals surface area contributed by atoms with Crippen molar-refractivity contribution in [3.63, 3.8) is 0 Å². The zero-order valence-corrected chi connectivity index (χ0v) is 14.4. The van der Waals surface area contributed by atoms with Crippen LogP contribution in [0.4, 0.5) is 0 Å². The summed E-state index contributed by atoms with van der Waals surface area (Å²) in [6.45, 7) is 3.36. The Bertz CT molecular complexity index is 597. The van der Waals surface area contributed by atoms with Crippen molar-refractivity contribution >= 4 is 26.0 Å². The van der Waals surface area contributed by atoms with Gasteiger partial charge in [-0.3, -0.25) is 0 Å². The molecule has 0 saturated carbocycles. The van der Waals surface area contributed by atoms with Crippen molar-refractivity contribution in [2.75, 3.05) is 25.6 Å².